The van der Waals surface area contributed by atoms with Gasteiger partial charge in [0.2, 0.25) is 5.91 Å². The molecule has 0 unspecified atom stereocenters. The minimum absolute atomic E-state index is 0.226. The van der Waals surface area contributed by atoms with Crippen molar-refractivity contribution in [1.82, 2.24) is 9.88 Å². The summed E-state index contributed by atoms with van der Waals surface area (Å²) in [5.41, 5.74) is 7.02. The summed E-state index contributed by atoms with van der Waals surface area (Å²) in [5, 5.41) is 0. The van der Waals surface area contributed by atoms with Crippen LogP contribution >= 0.6 is 0 Å². The Morgan fingerprint density at radius 1 is 1.42 bits per heavy atom. The highest BCUT2D eigenvalue weighted by atomic mass is 16.2. The van der Waals surface area contributed by atoms with E-state index in [9.17, 15) is 4.79 Å². The molecule has 1 fully saturated rings. The molecule has 104 valence electrons. The van der Waals surface area contributed by atoms with Crippen molar-refractivity contribution < 1.29 is 4.79 Å². The number of carbonyl (C=O) groups excluding carboxylic acids is 1. The molecule has 1 aromatic rings. The normalized spacial score (nSPS) is 23.1. The molecule has 2 rings (SSSR count). The number of nitrogens with two attached hydrogens (primary N) is 1. The summed E-state index contributed by atoms with van der Waals surface area (Å²) >= 11 is 0. The standard InChI is InChI=1S/C15H23N3O/c1-18(14-7-5-13(16)6-8-14)15(19)9-4-12-3-2-10-17-11-12/h2-3,10-11,13-14H,4-9,16H2,1H3. The zero-order valence-corrected chi connectivity index (χ0v) is 11.6. The lowest BCUT2D eigenvalue weighted by molar-refractivity contribution is -0.132. The van der Waals surface area contributed by atoms with Gasteiger partial charge >= 0.3 is 0 Å². The summed E-state index contributed by atoms with van der Waals surface area (Å²) in [6.45, 7) is 0. The number of pyridine rings is 1. The molecule has 19 heavy (non-hydrogen) atoms. The lowest BCUT2D eigenvalue weighted by Crippen LogP contribution is -2.41. The van der Waals surface area contributed by atoms with Gasteiger partial charge in [0.1, 0.15) is 0 Å². The Morgan fingerprint density at radius 2 is 2.16 bits per heavy atom. The number of nitrogens with zero attached hydrogens (tertiary/aromatic N) is 2. The number of aryl methyl sites for hydroxylation is 1. The van der Waals surface area contributed by atoms with E-state index < -0.39 is 0 Å². The summed E-state index contributed by atoms with van der Waals surface area (Å²) in [6.07, 6.45) is 9.05. The topological polar surface area (TPSA) is 59.2 Å². The van der Waals surface area contributed by atoms with E-state index in [0.717, 1.165) is 37.7 Å². The Hall–Kier alpha value is -1.42. The van der Waals surface area contributed by atoms with Crippen molar-refractivity contribution in [2.45, 2.75) is 50.6 Å². The molecule has 0 spiro atoms. The number of amides is 1. The van der Waals surface area contributed by atoms with Gasteiger partial charge < -0.3 is 10.6 Å². The summed E-state index contributed by atoms with van der Waals surface area (Å²) in [4.78, 5) is 18.2. The zero-order chi connectivity index (χ0) is 13.7. The van der Waals surface area contributed by atoms with Gasteiger partial charge in [-0.2, -0.15) is 0 Å². The lowest BCUT2D eigenvalue weighted by Gasteiger charge is -2.33. The van der Waals surface area contributed by atoms with Crippen molar-refractivity contribution in [1.29, 1.82) is 0 Å². The van der Waals surface area contributed by atoms with Gasteiger partial charge in [0.15, 0.2) is 0 Å². The lowest BCUT2D eigenvalue weighted by atomic mass is 9.91. The third-order valence-electron chi connectivity index (χ3n) is 4.03. The molecular weight excluding hydrogens is 238 g/mol. The number of rotatable bonds is 4. The average Bonchev–Trinajstić information content (AvgIpc) is 2.46. The highest BCUT2D eigenvalue weighted by Crippen LogP contribution is 2.21. The number of carbonyl (C=O) groups is 1. The summed E-state index contributed by atoms with van der Waals surface area (Å²) in [5.74, 6) is 0.226. The minimum Gasteiger partial charge on any atom is -0.343 e. The second kappa shape index (κ2) is 6.66. The molecule has 0 saturated heterocycles. The SMILES string of the molecule is CN(C(=O)CCc1cccnc1)C1CCC(N)CC1. The van der Waals surface area contributed by atoms with E-state index in [-0.39, 0.29) is 5.91 Å². The Kier molecular flexibility index (Phi) is 4.91. The van der Waals surface area contributed by atoms with Crippen LogP contribution in [0.2, 0.25) is 0 Å². The first-order chi connectivity index (χ1) is 9.16. The molecule has 1 amide bonds. The number of aromatic nitrogens is 1. The Balaban J connectivity index is 1.79. The fraction of sp³-hybridized carbons (Fsp3) is 0.600. The van der Waals surface area contributed by atoms with Crippen molar-refractivity contribution in [2.75, 3.05) is 7.05 Å². The highest BCUT2D eigenvalue weighted by molar-refractivity contribution is 5.76. The van der Waals surface area contributed by atoms with E-state index in [4.69, 9.17) is 5.73 Å². The highest BCUT2D eigenvalue weighted by Gasteiger charge is 2.24. The zero-order valence-electron chi connectivity index (χ0n) is 11.6. The van der Waals surface area contributed by atoms with Crippen LogP contribution in [0.15, 0.2) is 24.5 Å². The first-order valence-electron chi connectivity index (χ1n) is 7.07. The van der Waals surface area contributed by atoms with Crippen molar-refractivity contribution in [2.24, 2.45) is 5.73 Å². The van der Waals surface area contributed by atoms with Gasteiger partial charge in [-0.25, -0.2) is 0 Å². The van der Waals surface area contributed by atoms with Gasteiger partial charge in [0.25, 0.3) is 0 Å². The fourth-order valence-electron chi connectivity index (χ4n) is 2.67. The van der Waals surface area contributed by atoms with Crippen LogP contribution in [0, 0.1) is 0 Å². The van der Waals surface area contributed by atoms with E-state index in [1.54, 1.807) is 6.20 Å². The van der Waals surface area contributed by atoms with Crippen LogP contribution < -0.4 is 5.73 Å². The molecule has 0 radical (unpaired) electrons. The molecule has 4 nitrogen and oxygen atoms in total. The van der Waals surface area contributed by atoms with Crippen molar-refractivity contribution in [3.05, 3.63) is 30.1 Å². The predicted molar refractivity (Wildman–Crippen MR) is 75.6 cm³/mol. The maximum absolute atomic E-state index is 12.2. The summed E-state index contributed by atoms with van der Waals surface area (Å²) in [6, 6.07) is 4.63. The third-order valence-corrected chi connectivity index (χ3v) is 4.03. The quantitative estimate of drug-likeness (QED) is 0.898. The number of hydrogen-bond acceptors (Lipinski definition) is 3. The monoisotopic (exact) mass is 261 g/mol. The second-order valence-corrected chi connectivity index (χ2v) is 5.43. The van der Waals surface area contributed by atoms with E-state index in [1.807, 2.05) is 30.3 Å². The van der Waals surface area contributed by atoms with Crippen LogP contribution in [-0.2, 0) is 11.2 Å². The Labute approximate surface area is 115 Å². The maximum atomic E-state index is 12.2. The Bertz CT molecular complexity index is 399. The first kappa shape index (κ1) is 14.0. The van der Waals surface area contributed by atoms with Crippen LogP contribution in [0.25, 0.3) is 0 Å². The van der Waals surface area contributed by atoms with Crippen LogP contribution in [0.3, 0.4) is 0 Å². The molecule has 0 atom stereocenters. The van der Waals surface area contributed by atoms with Gasteiger partial charge in [0.05, 0.1) is 0 Å². The molecule has 2 N–H and O–H groups in total. The Morgan fingerprint density at radius 3 is 2.79 bits per heavy atom. The number of hydrogen-bond donors (Lipinski definition) is 1. The largest absolute Gasteiger partial charge is 0.343 e. The minimum atomic E-state index is 0.226. The molecule has 0 aromatic carbocycles. The maximum Gasteiger partial charge on any atom is 0.222 e. The molecule has 1 aromatic heterocycles. The van der Waals surface area contributed by atoms with E-state index in [0.29, 0.717) is 18.5 Å². The van der Waals surface area contributed by atoms with E-state index >= 15 is 0 Å². The van der Waals surface area contributed by atoms with Gasteiger partial charge in [-0.3, -0.25) is 9.78 Å². The second-order valence-electron chi connectivity index (χ2n) is 5.43. The van der Waals surface area contributed by atoms with Crippen LogP contribution in [0.5, 0.6) is 0 Å². The summed E-state index contributed by atoms with van der Waals surface area (Å²) < 4.78 is 0. The average molecular weight is 261 g/mol. The van der Waals surface area contributed by atoms with Gasteiger partial charge in [-0.15, -0.1) is 0 Å². The van der Waals surface area contributed by atoms with Gasteiger partial charge in [-0.05, 0) is 43.7 Å². The molecule has 0 bridgehead atoms. The molecule has 1 saturated carbocycles. The van der Waals surface area contributed by atoms with Crippen LogP contribution in [0.4, 0.5) is 0 Å². The molecule has 1 aliphatic carbocycles. The van der Waals surface area contributed by atoms with Crippen LogP contribution in [0.1, 0.15) is 37.7 Å². The molecule has 1 aliphatic rings. The van der Waals surface area contributed by atoms with E-state index in [1.165, 1.54) is 0 Å². The molecule has 0 aliphatic heterocycles. The van der Waals surface area contributed by atoms with Gasteiger partial charge in [0, 0.05) is 37.9 Å². The molecular formula is C15H23N3O. The summed E-state index contributed by atoms with van der Waals surface area (Å²) in [7, 11) is 1.92. The fourth-order valence-corrected chi connectivity index (χ4v) is 2.67. The smallest absolute Gasteiger partial charge is 0.222 e. The van der Waals surface area contributed by atoms with Crippen molar-refractivity contribution in [3.8, 4) is 0 Å². The van der Waals surface area contributed by atoms with Crippen molar-refractivity contribution >= 4 is 5.91 Å². The molecule has 1 heterocycles. The third kappa shape index (κ3) is 4.03. The van der Waals surface area contributed by atoms with Crippen molar-refractivity contribution in [3.63, 3.8) is 0 Å². The van der Waals surface area contributed by atoms with Gasteiger partial charge in [-0.1, -0.05) is 6.07 Å². The van der Waals surface area contributed by atoms with E-state index in [2.05, 4.69) is 4.98 Å². The molecule has 4 heteroatoms. The van der Waals surface area contributed by atoms with Crippen LogP contribution in [-0.4, -0.2) is 34.9 Å². The predicted octanol–water partition coefficient (Wildman–Crippen LogP) is 1.74. The first-order valence-corrected chi connectivity index (χ1v) is 7.07.